The van der Waals surface area contributed by atoms with Gasteiger partial charge in [0.1, 0.15) is 5.60 Å². The summed E-state index contributed by atoms with van der Waals surface area (Å²) in [6.07, 6.45) is -2.72. The molecule has 0 saturated heterocycles. The Labute approximate surface area is 106 Å². The molecule has 0 aromatic heterocycles. The number of aliphatic hydroxyl groups is 1. The van der Waals surface area contributed by atoms with Gasteiger partial charge in [-0.25, -0.2) is 0 Å². The van der Waals surface area contributed by atoms with Crippen LogP contribution in [0, 0.1) is 35.6 Å². The normalized spacial score (nSPS) is 10.1. The molecule has 0 aliphatic heterocycles. The summed E-state index contributed by atoms with van der Waals surface area (Å²) in [5.74, 6) is -5.98. The van der Waals surface area contributed by atoms with Gasteiger partial charge in [-0.2, -0.15) is 0 Å². The molecule has 0 bridgehead atoms. The van der Waals surface area contributed by atoms with Gasteiger partial charge in [0.05, 0.1) is 5.97 Å². The van der Waals surface area contributed by atoms with Crippen LogP contribution < -0.4 is 15.3 Å². The zero-order valence-electron chi connectivity index (χ0n) is 6.89. The monoisotopic (exact) mass is 328 g/mol. The molecule has 0 spiro atoms. The van der Waals surface area contributed by atoms with E-state index in [4.69, 9.17) is 5.11 Å². The number of carboxylic acids is 3. The third kappa shape index (κ3) is 5.33. The molecule has 0 saturated carbocycles. The Hall–Kier alpha value is -0.435. The molecule has 74 valence electrons. The van der Waals surface area contributed by atoms with Crippen LogP contribution in [0.3, 0.4) is 0 Å². The van der Waals surface area contributed by atoms with Crippen molar-refractivity contribution in [1.29, 1.82) is 0 Å². The molecule has 0 rings (SSSR count). The fourth-order valence-electron chi connectivity index (χ4n) is 0.684. The molecule has 0 aliphatic rings. The van der Waals surface area contributed by atoms with Crippen LogP contribution in [-0.2, 0) is 14.4 Å². The minimum Gasteiger partial charge on any atom is -0.550 e. The summed E-state index contributed by atoms with van der Waals surface area (Å²) in [5, 5.41) is 38.9. The van der Waals surface area contributed by atoms with E-state index in [1.54, 1.807) is 0 Å². The zero-order chi connectivity index (χ0) is 10.6. The van der Waals surface area contributed by atoms with Gasteiger partial charge in [-0.3, -0.25) is 0 Å². The first-order chi connectivity index (χ1) is 5.78. The van der Waals surface area contributed by atoms with E-state index in [9.17, 15) is 29.7 Å². The van der Waals surface area contributed by atoms with Crippen LogP contribution in [0.5, 0.6) is 0 Å². The molecule has 0 aromatic rings. The molecular formula is C6H5LaO7. The largest absolute Gasteiger partial charge is 3.00 e. The second kappa shape index (κ2) is 6.12. The molecule has 0 aliphatic carbocycles. The van der Waals surface area contributed by atoms with E-state index in [0.717, 1.165) is 0 Å². The number of aliphatic carboxylic acids is 3. The first-order valence-electron chi connectivity index (χ1n) is 3.11. The summed E-state index contributed by atoms with van der Waals surface area (Å²) in [6.45, 7) is 0. The summed E-state index contributed by atoms with van der Waals surface area (Å²) in [5.41, 5.74) is -2.97. The van der Waals surface area contributed by atoms with Gasteiger partial charge in [0, 0.05) is 24.8 Å². The van der Waals surface area contributed by atoms with E-state index in [-0.39, 0.29) is 35.6 Å². The van der Waals surface area contributed by atoms with Gasteiger partial charge in [0.25, 0.3) is 0 Å². The maximum absolute atomic E-state index is 10.1. The Kier molecular flexibility index (Phi) is 7.00. The Morgan fingerprint density at radius 3 is 1.43 bits per heavy atom. The molecule has 1 N–H and O–H groups in total. The molecule has 8 heteroatoms. The summed E-state index contributed by atoms with van der Waals surface area (Å²) >= 11 is 0. The molecule has 0 unspecified atom stereocenters. The van der Waals surface area contributed by atoms with Gasteiger partial charge in [-0.15, -0.1) is 0 Å². The van der Waals surface area contributed by atoms with Crippen molar-refractivity contribution in [3.05, 3.63) is 0 Å². The molecule has 0 amide bonds. The van der Waals surface area contributed by atoms with Crippen molar-refractivity contribution in [2.45, 2.75) is 18.4 Å². The number of hydrogen-bond acceptors (Lipinski definition) is 7. The Morgan fingerprint density at radius 2 is 1.29 bits per heavy atom. The van der Waals surface area contributed by atoms with E-state index in [2.05, 4.69) is 0 Å². The van der Waals surface area contributed by atoms with Gasteiger partial charge in [0.15, 0.2) is 0 Å². The van der Waals surface area contributed by atoms with Crippen molar-refractivity contribution in [3.8, 4) is 0 Å². The second-order valence-corrected chi connectivity index (χ2v) is 2.42. The smallest absolute Gasteiger partial charge is 0.550 e. The van der Waals surface area contributed by atoms with E-state index >= 15 is 0 Å². The van der Waals surface area contributed by atoms with Crippen molar-refractivity contribution < 1.29 is 70.4 Å². The number of carbonyl (C=O) groups excluding carboxylic acids is 3. The molecule has 7 nitrogen and oxygen atoms in total. The zero-order valence-corrected chi connectivity index (χ0v) is 10.5. The molecule has 0 heterocycles. The Morgan fingerprint density at radius 1 is 1.00 bits per heavy atom. The molecule has 0 fully saturated rings. The topological polar surface area (TPSA) is 141 Å². The van der Waals surface area contributed by atoms with Crippen LogP contribution >= 0.6 is 0 Å². The Balaban J connectivity index is 0. The third-order valence-electron chi connectivity index (χ3n) is 1.25. The standard InChI is InChI=1S/C6H8O7.La/c7-3(8)1-6(13,5(11)12)2-4(9)10;/h13H,1-2H2,(H,7,8)(H,9,10)(H,11,12);/q;+3/p-3. The molecular weight excluding hydrogens is 323 g/mol. The Bertz CT molecular complexity index is 233. The van der Waals surface area contributed by atoms with Gasteiger partial charge < -0.3 is 34.8 Å². The summed E-state index contributed by atoms with van der Waals surface area (Å²) in [4.78, 5) is 30.0. The molecule has 0 radical (unpaired) electrons. The third-order valence-corrected chi connectivity index (χ3v) is 1.25. The van der Waals surface area contributed by atoms with Crippen LogP contribution in [-0.4, -0.2) is 28.6 Å². The van der Waals surface area contributed by atoms with E-state index in [1.165, 1.54) is 0 Å². The van der Waals surface area contributed by atoms with Crippen molar-refractivity contribution in [2.24, 2.45) is 0 Å². The SMILES string of the molecule is O=C([O-])CC(O)(CC(=O)[O-])C(=O)[O-].[La+3]. The molecule has 0 aromatic carbocycles. The van der Waals surface area contributed by atoms with Gasteiger partial charge in [0.2, 0.25) is 0 Å². The van der Waals surface area contributed by atoms with Crippen molar-refractivity contribution in [1.82, 2.24) is 0 Å². The predicted molar refractivity (Wildman–Crippen MR) is 29.2 cm³/mol. The minimum atomic E-state index is -2.97. The number of carboxylic acid groups (broad SMARTS) is 3. The molecule has 0 atom stereocenters. The summed E-state index contributed by atoms with van der Waals surface area (Å²) in [6, 6.07) is 0. The number of rotatable bonds is 5. The van der Waals surface area contributed by atoms with Crippen LogP contribution in [0.25, 0.3) is 0 Å². The summed E-state index contributed by atoms with van der Waals surface area (Å²) in [7, 11) is 0. The quantitative estimate of drug-likeness (QED) is 0.531. The van der Waals surface area contributed by atoms with E-state index < -0.39 is 36.4 Å². The van der Waals surface area contributed by atoms with Crippen LogP contribution in [0.15, 0.2) is 0 Å². The van der Waals surface area contributed by atoms with Gasteiger partial charge >= 0.3 is 35.6 Å². The number of carbonyl (C=O) groups is 3. The average Bonchev–Trinajstić information content (AvgIpc) is 1.82. The predicted octanol–water partition coefficient (Wildman–Crippen LogP) is -5.25. The van der Waals surface area contributed by atoms with Crippen LogP contribution in [0.4, 0.5) is 0 Å². The van der Waals surface area contributed by atoms with Crippen molar-refractivity contribution in [3.63, 3.8) is 0 Å². The maximum atomic E-state index is 10.1. The van der Waals surface area contributed by atoms with E-state index in [0.29, 0.717) is 0 Å². The van der Waals surface area contributed by atoms with Gasteiger partial charge in [-0.1, -0.05) is 0 Å². The van der Waals surface area contributed by atoms with Crippen molar-refractivity contribution >= 4 is 17.9 Å². The molecule has 14 heavy (non-hydrogen) atoms. The van der Waals surface area contributed by atoms with Crippen molar-refractivity contribution in [2.75, 3.05) is 0 Å². The van der Waals surface area contributed by atoms with Crippen LogP contribution in [0.1, 0.15) is 12.8 Å². The van der Waals surface area contributed by atoms with Gasteiger partial charge in [-0.05, 0) is 0 Å². The van der Waals surface area contributed by atoms with E-state index in [1.807, 2.05) is 0 Å². The first kappa shape index (κ1) is 16.0. The first-order valence-corrected chi connectivity index (χ1v) is 3.11. The summed E-state index contributed by atoms with van der Waals surface area (Å²) < 4.78 is 0. The average molecular weight is 328 g/mol. The minimum absolute atomic E-state index is 0. The van der Waals surface area contributed by atoms with Crippen LogP contribution in [0.2, 0.25) is 0 Å². The fourth-order valence-corrected chi connectivity index (χ4v) is 0.684. The number of hydrogen-bond donors (Lipinski definition) is 1. The maximum Gasteiger partial charge on any atom is 3.00 e. The fraction of sp³-hybridized carbons (Fsp3) is 0.500. The second-order valence-electron chi connectivity index (χ2n) is 2.42.